The summed E-state index contributed by atoms with van der Waals surface area (Å²) in [6.07, 6.45) is 5.26. The van der Waals surface area contributed by atoms with Crippen LogP contribution in [0, 0.1) is 6.92 Å². The number of aromatic nitrogens is 2. The number of hydrogen-bond acceptors (Lipinski definition) is 4. The normalized spacial score (nSPS) is 10.3. The summed E-state index contributed by atoms with van der Waals surface area (Å²) in [7, 11) is 0. The van der Waals surface area contributed by atoms with Crippen LogP contribution in [0.5, 0.6) is 5.75 Å². The van der Waals surface area contributed by atoms with Crippen LogP contribution in [0.1, 0.15) is 9.88 Å². The summed E-state index contributed by atoms with van der Waals surface area (Å²) < 4.78 is 6.48. The smallest absolute Gasteiger partial charge is 0.139 e. The lowest BCUT2D eigenvalue weighted by molar-refractivity contribution is 0.308. The zero-order valence-corrected chi connectivity index (χ0v) is 10.5. The van der Waals surface area contributed by atoms with Crippen LogP contribution in [0.2, 0.25) is 0 Å². The summed E-state index contributed by atoms with van der Waals surface area (Å²) in [6.45, 7) is 2.53. The Labute approximate surface area is 100 Å². The maximum absolute atomic E-state index is 5.56. The van der Waals surface area contributed by atoms with Gasteiger partial charge in [0.2, 0.25) is 0 Å². The van der Waals surface area contributed by atoms with Gasteiger partial charge >= 0.3 is 0 Å². The fourth-order valence-corrected chi connectivity index (χ4v) is 2.15. The molecule has 2 aromatic heterocycles. The van der Waals surface area contributed by atoms with Crippen molar-refractivity contribution in [1.29, 1.82) is 0 Å². The lowest BCUT2D eigenvalue weighted by atomic mass is 10.4. The van der Waals surface area contributed by atoms with E-state index in [1.54, 1.807) is 23.7 Å². The van der Waals surface area contributed by atoms with Crippen molar-refractivity contribution in [3.63, 3.8) is 0 Å². The van der Waals surface area contributed by atoms with Crippen molar-refractivity contribution in [3.05, 3.63) is 39.0 Å². The summed E-state index contributed by atoms with van der Waals surface area (Å²) in [5.74, 6) is 0.760. The van der Waals surface area contributed by atoms with Gasteiger partial charge in [-0.3, -0.25) is 4.98 Å². The molecule has 2 heterocycles. The summed E-state index contributed by atoms with van der Waals surface area (Å²) in [4.78, 5) is 9.30. The lowest BCUT2D eigenvalue weighted by Crippen LogP contribution is -1.93. The zero-order chi connectivity index (χ0) is 10.7. The fraction of sp³-hybridized carbons (Fsp3) is 0.200. The van der Waals surface area contributed by atoms with E-state index in [2.05, 4.69) is 25.9 Å². The molecule has 0 unspecified atom stereocenters. The van der Waals surface area contributed by atoms with Crippen LogP contribution >= 0.6 is 27.3 Å². The molecule has 5 heteroatoms. The van der Waals surface area contributed by atoms with Gasteiger partial charge in [0.05, 0.1) is 16.1 Å². The summed E-state index contributed by atoms with van der Waals surface area (Å²) in [5.41, 5.74) is 0. The quantitative estimate of drug-likeness (QED) is 0.868. The molecule has 0 aliphatic rings. The van der Waals surface area contributed by atoms with Gasteiger partial charge in [0.25, 0.3) is 0 Å². The molecule has 0 N–H and O–H groups in total. The van der Waals surface area contributed by atoms with Gasteiger partial charge in [-0.05, 0) is 28.9 Å². The van der Waals surface area contributed by atoms with E-state index < -0.39 is 0 Å². The summed E-state index contributed by atoms with van der Waals surface area (Å²) >= 11 is 4.98. The first-order valence-corrected chi connectivity index (χ1v) is 5.99. The van der Waals surface area contributed by atoms with Crippen LogP contribution in [0.3, 0.4) is 0 Å². The predicted octanol–water partition coefficient (Wildman–Crippen LogP) is 3.19. The van der Waals surface area contributed by atoms with Gasteiger partial charge in [-0.25, -0.2) is 4.98 Å². The Balaban J connectivity index is 1.99. The number of rotatable bonds is 3. The van der Waals surface area contributed by atoms with Crippen molar-refractivity contribution >= 4 is 27.3 Å². The predicted molar refractivity (Wildman–Crippen MR) is 63.1 cm³/mol. The SMILES string of the molecule is Cc1ncc(COc2cncc(Br)c2)s1. The van der Waals surface area contributed by atoms with E-state index in [1.807, 2.05) is 19.2 Å². The molecular weight excluding hydrogens is 276 g/mol. The van der Waals surface area contributed by atoms with Crippen LogP contribution in [-0.4, -0.2) is 9.97 Å². The highest BCUT2D eigenvalue weighted by Crippen LogP contribution is 2.18. The van der Waals surface area contributed by atoms with Crippen LogP contribution in [0.4, 0.5) is 0 Å². The second kappa shape index (κ2) is 4.72. The van der Waals surface area contributed by atoms with Crippen molar-refractivity contribution in [3.8, 4) is 5.75 Å². The van der Waals surface area contributed by atoms with E-state index in [4.69, 9.17) is 4.74 Å². The highest BCUT2D eigenvalue weighted by Gasteiger charge is 2.00. The Kier molecular flexibility index (Phi) is 3.33. The molecule has 0 radical (unpaired) electrons. The Morgan fingerprint density at radius 2 is 2.27 bits per heavy atom. The highest BCUT2D eigenvalue weighted by molar-refractivity contribution is 9.10. The Hall–Kier alpha value is -0.940. The average molecular weight is 285 g/mol. The summed E-state index contributed by atoms with van der Waals surface area (Å²) in [6, 6.07) is 1.89. The molecule has 0 amide bonds. The number of aryl methyl sites for hydroxylation is 1. The standard InChI is InChI=1S/C10H9BrN2OS/c1-7-13-5-10(15-7)6-14-9-2-8(11)3-12-4-9/h2-5H,6H2,1H3. The van der Waals surface area contributed by atoms with Crippen molar-refractivity contribution in [2.45, 2.75) is 13.5 Å². The molecule has 0 aliphatic carbocycles. The molecule has 78 valence electrons. The first-order chi connectivity index (χ1) is 7.24. The molecule has 2 rings (SSSR count). The van der Waals surface area contributed by atoms with Gasteiger partial charge in [-0.1, -0.05) is 0 Å². The van der Waals surface area contributed by atoms with E-state index in [0.29, 0.717) is 6.61 Å². The van der Waals surface area contributed by atoms with Gasteiger partial charge in [0, 0.05) is 16.9 Å². The Morgan fingerprint density at radius 1 is 1.40 bits per heavy atom. The number of pyridine rings is 1. The van der Waals surface area contributed by atoms with Crippen LogP contribution in [0.25, 0.3) is 0 Å². The van der Waals surface area contributed by atoms with Crippen LogP contribution < -0.4 is 4.74 Å². The van der Waals surface area contributed by atoms with E-state index in [0.717, 1.165) is 20.1 Å². The van der Waals surface area contributed by atoms with E-state index in [9.17, 15) is 0 Å². The fourth-order valence-electron chi connectivity index (χ4n) is 1.10. The first kappa shape index (κ1) is 10.6. The third-order valence-corrected chi connectivity index (χ3v) is 3.05. The molecule has 0 bridgehead atoms. The summed E-state index contributed by atoms with van der Waals surface area (Å²) in [5, 5.41) is 1.06. The van der Waals surface area contributed by atoms with Crippen molar-refractivity contribution in [2.24, 2.45) is 0 Å². The van der Waals surface area contributed by atoms with Crippen molar-refractivity contribution in [2.75, 3.05) is 0 Å². The minimum absolute atomic E-state index is 0.545. The molecule has 0 spiro atoms. The third kappa shape index (κ3) is 3.00. The zero-order valence-electron chi connectivity index (χ0n) is 8.11. The van der Waals surface area contributed by atoms with E-state index in [1.165, 1.54) is 0 Å². The topological polar surface area (TPSA) is 35.0 Å². The minimum atomic E-state index is 0.545. The van der Waals surface area contributed by atoms with Crippen LogP contribution in [-0.2, 0) is 6.61 Å². The van der Waals surface area contributed by atoms with Gasteiger partial charge < -0.3 is 4.74 Å². The molecule has 0 saturated carbocycles. The lowest BCUT2D eigenvalue weighted by Gasteiger charge is -2.03. The largest absolute Gasteiger partial charge is 0.486 e. The number of hydrogen-bond donors (Lipinski definition) is 0. The average Bonchev–Trinajstić information content (AvgIpc) is 2.62. The molecule has 0 atom stereocenters. The van der Waals surface area contributed by atoms with E-state index in [-0.39, 0.29) is 0 Å². The highest BCUT2D eigenvalue weighted by atomic mass is 79.9. The van der Waals surface area contributed by atoms with Crippen molar-refractivity contribution in [1.82, 2.24) is 9.97 Å². The van der Waals surface area contributed by atoms with Gasteiger partial charge in [-0.2, -0.15) is 0 Å². The molecule has 2 aromatic rings. The maximum Gasteiger partial charge on any atom is 0.139 e. The Bertz CT molecular complexity index is 458. The molecule has 0 aliphatic heterocycles. The van der Waals surface area contributed by atoms with Crippen LogP contribution in [0.15, 0.2) is 29.1 Å². The maximum atomic E-state index is 5.56. The number of nitrogens with zero attached hydrogens (tertiary/aromatic N) is 2. The third-order valence-electron chi connectivity index (χ3n) is 1.73. The Morgan fingerprint density at radius 3 is 2.93 bits per heavy atom. The minimum Gasteiger partial charge on any atom is -0.486 e. The molecule has 0 aromatic carbocycles. The van der Waals surface area contributed by atoms with Gasteiger partial charge in [-0.15, -0.1) is 11.3 Å². The number of thiazole rings is 1. The second-order valence-corrected chi connectivity index (χ2v) is 5.21. The monoisotopic (exact) mass is 284 g/mol. The molecule has 15 heavy (non-hydrogen) atoms. The van der Waals surface area contributed by atoms with Crippen molar-refractivity contribution < 1.29 is 4.74 Å². The van der Waals surface area contributed by atoms with Gasteiger partial charge in [0.15, 0.2) is 0 Å². The molecule has 0 saturated heterocycles. The first-order valence-electron chi connectivity index (χ1n) is 4.39. The van der Waals surface area contributed by atoms with Gasteiger partial charge in [0.1, 0.15) is 12.4 Å². The molecular formula is C10H9BrN2OS. The molecule has 0 fully saturated rings. The number of ether oxygens (including phenoxy) is 1. The molecule has 3 nitrogen and oxygen atoms in total. The second-order valence-electron chi connectivity index (χ2n) is 2.97. The van der Waals surface area contributed by atoms with E-state index >= 15 is 0 Å². The number of halogens is 1.